The van der Waals surface area contributed by atoms with E-state index in [1.165, 1.54) is 193 Å². The smallest absolute Gasteiger partial charge is 0.220 e. The molecule has 0 radical (unpaired) electrons. The molecule has 1 amide bonds. The lowest BCUT2D eigenvalue weighted by Crippen LogP contribution is -2.66. The molecular weight excluding hydrogens is 1080 g/mol. The number of carbonyl (C=O) groups is 1. The zero-order valence-electron chi connectivity index (χ0n) is 52.2. The molecule has 12 N–H and O–H groups in total. The highest BCUT2D eigenvalue weighted by Crippen LogP contribution is 2.33. The van der Waals surface area contributed by atoms with Crippen molar-refractivity contribution in [3.63, 3.8) is 0 Å². The second kappa shape index (κ2) is 48.4. The van der Waals surface area contributed by atoms with Gasteiger partial charge in [-0.25, -0.2) is 0 Å². The zero-order valence-corrected chi connectivity index (χ0v) is 52.2. The van der Waals surface area contributed by atoms with Gasteiger partial charge in [0, 0.05) is 6.42 Å². The molecule has 3 aliphatic rings. The lowest BCUT2D eigenvalue weighted by molar-refractivity contribution is -0.379. The largest absolute Gasteiger partial charge is 0.394 e. The number of carbonyl (C=O) groups excluding carboxylic acids is 1. The van der Waals surface area contributed by atoms with Crippen LogP contribution in [0.2, 0.25) is 0 Å². The van der Waals surface area contributed by atoms with Crippen molar-refractivity contribution in [3.05, 3.63) is 12.2 Å². The summed E-state index contributed by atoms with van der Waals surface area (Å²) in [5.74, 6) is -0.274. The first-order chi connectivity index (χ1) is 40.8. The molecule has 0 aromatic heterocycles. The van der Waals surface area contributed by atoms with Crippen LogP contribution in [0.5, 0.6) is 0 Å². The summed E-state index contributed by atoms with van der Waals surface area (Å²) >= 11 is 0. The first-order valence-corrected chi connectivity index (χ1v) is 33.9. The Balaban J connectivity index is 1.40. The van der Waals surface area contributed by atoms with E-state index >= 15 is 0 Å². The Kier molecular flexibility index (Phi) is 44.2. The van der Waals surface area contributed by atoms with Gasteiger partial charge in [0.2, 0.25) is 5.91 Å². The molecule has 19 nitrogen and oxygen atoms in total. The van der Waals surface area contributed by atoms with Gasteiger partial charge >= 0.3 is 0 Å². The van der Waals surface area contributed by atoms with Crippen molar-refractivity contribution in [1.29, 1.82) is 0 Å². The number of amides is 1. The average Bonchev–Trinajstić information content (AvgIpc) is 3.62. The first-order valence-electron chi connectivity index (χ1n) is 33.9. The van der Waals surface area contributed by atoms with Crippen LogP contribution < -0.4 is 5.32 Å². The molecule has 17 atom stereocenters. The van der Waals surface area contributed by atoms with Crippen LogP contribution in [0.1, 0.15) is 264 Å². The number of nitrogens with one attached hydrogen (secondary N) is 1. The van der Waals surface area contributed by atoms with E-state index in [1.807, 2.05) is 6.08 Å². The molecule has 84 heavy (non-hydrogen) atoms. The summed E-state index contributed by atoms with van der Waals surface area (Å²) in [7, 11) is 0. The Morgan fingerprint density at radius 2 is 0.738 bits per heavy atom. The number of hydrogen-bond acceptors (Lipinski definition) is 18. The van der Waals surface area contributed by atoms with Crippen molar-refractivity contribution in [2.75, 3.05) is 26.4 Å². The molecule has 19 heteroatoms. The number of hydrogen-bond donors (Lipinski definition) is 12. The molecule has 0 bridgehead atoms. The maximum absolute atomic E-state index is 13.3. The Morgan fingerprint density at radius 3 is 1.12 bits per heavy atom. The molecular formula is C65H123NO18. The van der Waals surface area contributed by atoms with E-state index < -0.39 is 124 Å². The highest BCUT2D eigenvalue weighted by molar-refractivity contribution is 5.76. The quantitative estimate of drug-likeness (QED) is 0.0202. The Hall–Kier alpha value is -1.47. The molecule has 0 spiro atoms. The van der Waals surface area contributed by atoms with E-state index in [-0.39, 0.29) is 18.9 Å². The Bertz CT molecular complexity index is 1580. The molecule has 3 saturated heterocycles. The van der Waals surface area contributed by atoms with Crippen LogP contribution in [0.3, 0.4) is 0 Å². The highest BCUT2D eigenvalue weighted by Gasteiger charge is 2.53. The molecule has 0 aromatic rings. The first kappa shape index (κ1) is 76.8. The van der Waals surface area contributed by atoms with Gasteiger partial charge in [-0.1, -0.05) is 251 Å². The van der Waals surface area contributed by atoms with E-state index in [1.54, 1.807) is 6.08 Å². The molecule has 3 fully saturated rings. The third-order valence-corrected chi connectivity index (χ3v) is 17.3. The van der Waals surface area contributed by atoms with E-state index in [4.69, 9.17) is 28.4 Å². The molecule has 17 unspecified atom stereocenters. The predicted molar refractivity (Wildman–Crippen MR) is 323 cm³/mol. The third kappa shape index (κ3) is 30.8. The second-order valence-electron chi connectivity index (χ2n) is 24.7. The standard InChI is InChI=1S/C65H123NO18/c1-3-5-7-9-11-13-15-16-17-18-19-20-21-22-23-24-25-26-27-28-29-30-31-33-34-36-38-40-42-49(70)48(66-53(71)43-41-39-37-35-32-14-12-10-8-6-4-2)47-79-63-59(77)56(74)61(51(45-68)81-63)84-65-60(78)57(75)62(52(46-69)82-65)83-64-58(76)55(73)54(72)50(44-67)80-64/h40,42,48-52,54-65,67-70,72-78H,3-39,41,43-47H2,1-2H3,(H,66,71)/b42-40+. The fraction of sp³-hybridized carbons (Fsp3) is 0.954. The number of allylic oxidation sites excluding steroid dienone is 1. The van der Waals surface area contributed by atoms with Gasteiger partial charge in [0.15, 0.2) is 18.9 Å². The second-order valence-corrected chi connectivity index (χ2v) is 24.7. The molecule has 496 valence electrons. The Labute approximate surface area is 506 Å². The number of ether oxygens (including phenoxy) is 6. The van der Waals surface area contributed by atoms with Gasteiger partial charge in [0.1, 0.15) is 73.2 Å². The SMILES string of the molecule is CCCCCCCCCCCCCCCCCCCCCCCCCCCC/C=C/C(O)C(COC1OC(CO)C(OC2OC(CO)C(OC3OC(CO)C(O)C(O)C3O)C(O)C2O)C(O)C1O)NC(=O)CCCCCCCCCCCCC. The lowest BCUT2D eigenvalue weighted by Gasteiger charge is -2.48. The molecule has 3 rings (SSSR count). The summed E-state index contributed by atoms with van der Waals surface area (Å²) in [5, 5.41) is 120. The fourth-order valence-corrected chi connectivity index (χ4v) is 11.8. The van der Waals surface area contributed by atoms with Crippen molar-refractivity contribution in [2.45, 2.75) is 369 Å². The zero-order chi connectivity index (χ0) is 61.2. The highest BCUT2D eigenvalue weighted by atomic mass is 16.8. The van der Waals surface area contributed by atoms with Gasteiger partial charge in [-0.05, 0) is 19.3 Å². The minimum atomic E-state index is -1.97. The van der Waals surface area contributed by atoms with Crippen molar-refractivity contribution >= 4 is 5.91 Å². The number of aliphatic hydroxyl groups is 11. The summed E-state index contributed by atoms with van der Waals surface area (Å²) in [5.41, 5.74) is 0. The van der Waals surface area contributed by atoms with Crippen LogP contribution in [0.15, 0.2) is 12.2 Å². The van der Waals surface area contributed by atoms with Crippen LogP contribution >= 0.6 is 0 Å². The van der Waals surface area contributed by atoms with Crippen molar-refractivity contribution in [3.8, 4) is 0 Å². The summed E-state index contributed by atoms with van der Waals surface area (Å²) < 4.78 is 34.3. The average molecular weight is 1210 g/mol. The van der Waals surface area contributed by atoms with Crippen molar-refractivity contribution in [1.82, 2.24) is 5.32 Å². The monoisotopic (exact) mass is 1210 g/mol. The minimum absolute atomic E-state index is 0.248. The molecule has 3 heterocycles. The van der Waals surface area contributed by atoms with Gasteiger partial charge < -0.3 is 89.9 Å². The van der Waals surface area contributed by atoms with Gasteiger partial charge in [-0.3, -0.25) is 4.79 Å². The van der Waals surface area contributed by atoms with Crippen molar-refractivity contribution < 1.29 is 89.4 Å². The van der Waals surface area contributed by atoms with E-state index in [2.05, 4.69) is 19.2 Å². The maximum atomic E-state index is 13.3. The van der Waals surface area contributed by atoms with E-state index in [0.717, 1.165) is 44.9 Å². The topological polar surface area (TPSA) is 307 Å². The van der Waals surface area contributed by atoms with Crippen LogP contribution in [0, 0.1) is 0 Å². The Morgan fingerprint density at radius 1 is 0.417 bits per heavy atom. The van der Waals surface area contributed by atoms with Crippen LogP contribution in [-0.4, -0.2) is 193 Å². The van der Waals surface area contributed by atoms with Crippen molar-refractivity contribution in [2.24, 2.45) is 0 Å². The van der Waals surface area contributed by atoms with E-state index in [9.17, 15) is 61.0 Å². The summed E-state index contributed by atoms with van der Waals surface area (Å²) in [6.45, 7) is 1.74. The minimum Gasteiger partial charge on any atom is -0.394 e. The maximum Gasteiger partial charge on any atom is 0.220 e. The number of unbranched alkanes of at least 4 members (excludes halogenated alkanes) is 36. The number of rotatable bonds is 52. The van der Waals surface area contributed by atoms with E-state index in [0.29, 0.717) is 6.42 Å². The van der Waals surface area contributed by atoms with Gasteiger partial charge in [0.25, 0.3) is 0 Å². The summed E-state index contributed by atoms with van der Waals surface area (Å²) in [6, 6.07) is -0.967. The van der Waals surface area contributed by atoms with Crippen LogP contribution in [-0.2, 0) is 33.2 Å². The summed E-state index contributed by atoms with van der Waals surface area (Å²) in [6.07, 6.45) is 25.0. The molecule has 0 aromatic carbocycles. The normalized spacial score (nSPS) is 29.2. The summed E-state index contributed by atoms with van der Waals surface area (Å²) in [4.78, 5) is 13.3. The molecule has 0 saturated carbocycles. The molecule has 0 aliphatic carbocycles. The molecule has 3 aliphatic heterocycles. The fourth-order valence-electron chi connectivity index (χ4n) is 11.8. The number of aliphatic hydroxyl groups excluding tert-OH is 11. The predicted octanol–water partition coefficient (Wildman–Crippen LogP) is 8.11. The van der Waals surface area contributed by atoms with Crippen LogP contribution in [0.25, 0.3) is 0 Å². The van der Waals surface area contributed by atoms with Crippen LogP contribution in [0.4, 0.5) is 0 Å². The third-order valence-electron chi connectivity index (χ3n) is 17.3. The van der Waals surface area contributed by atoms with Gasteiger partial charge in [-0.2, -0.15) is 0 Å². The van der Waals surface area contributed by atoms with Gasteiger partial charge in [0.05, 0.1) is 38.6 Å². The van der Waals surface area contributed by atoms with Gasteiger partial charge in [-0.15, -0.1) is 0 Å². The lowest BCUT2D eigenvalue weighted by atomic mass is 9.96.